The van der Waals surface area contributed by atoms with Gasteiger partial charge in [0.15, 0.2) is 0 Å². The van der Waals surface area contributed by atoms with Crippen molar-refractivity contribution < 1.29 is 4.39 Å². The van der Waals surface area contributed by atoms with Gasteiger partial charge < -0.3 is 5.73 Å². The highest BCUT2D eigenvalue weighted by Gasteiger charge is 2.01. The second-order valence-electron chi connectivity index (χ2n) is 4.65. The molecule has 1 aromatic rings. The molecule has 0 unspecified atom stereocenters. The molecule has 2 N–H and O–H groups in total. The third-order valence-electron chi connectivity index (χ3n) is 2.98. The summed E-state index contributed by atoms with van der Waals surface area (Å²) in [4.78, 5) is 0.876. The number of thioether (sulfide) groups is 1. The Morgan fingerprint density at radius 1 is 1.06 bits per heavy atom. The molecule has 0 atom stereocenters. The van der Waals surface area contributed by atoms with Crippen molar-refractivity contribution >= 4 is 17.4 Å². The number of halogens is 1. The number of hydrogen-bond donors (Lipinski definition) is 1. The maximum Gasteiger partial charge on any atom is 0.124 e. The van der Waals surface area contributed by atoms with Crippen molar-refractivity contribution in [1.82, 2.24) is 0 Å². The third-order valence-corrected chi connectivity index (χ3v) is 4.14. The van der Waals surface area contributed by atoms with Gasteiger partial charge in [0, 0.05) is 10.6 Å². The summed E-state index contributed by atoms with van der Waals surface area (Å²) in [5.41, 5.74) is 6.48. The Hall–Kier alpha value is -0.700. The van der Waals surface area contributed by atoms with Crippen LogP contribution < -0.4 is 5.73 Å². The van der Waals surface area contributed by atoms with E-state index in [4.69, 9.17) is 5.73 Å². The second-order valence-corrected chi connectivity index (χ2v) is 5.79. The van der Waals surface area contributed by atoms with Gasteiger partial charge in [-0.2, -0.15) is 0 Å². The Balaban J connectivity index is 2.09. The Kier molecular flexibility index (Phi) is 7.90. The number of anilines is 1. The van der Waals surface area contributed by atoms with E-state index in [2.05, 4.69) is 6.92 Å². The lowest BCUT2D eigenvalue weighted by Gasteiger charge is -2.05. The summed E-state index contributed by atoms with van der Waals surface area (Å²) in [5.74, 6) is 0.827. The SMILES string of the molecule is CCCCCCCCCSc1cc(F)ccc1N. The fourth-order valence-electron chi connectivity index (χ4n) is 1.87. The standard InChI is InChI=1S/C15H24FNS/c1-2-3-4-5-6-7-8-11-18-15-12-13(16)9-10-14(15)17/h9-10,12H,2-8,11,17H2,1H3. The predicted octanol–water partition coefficient (Wildman–Crippen LogP) is 5.25. The van der Waals surface area contributed by atoms with Crippen LogP contribution in [-0.4, -0.2) is 5.75 Å². The quantitative estimate of drug-likeness (QED) is 0.376. The first kappa shape index (κ1) is 15.4. The molecule has 0 aliphatic rings. The van der Waals surface area contributed by atoms with E-state index in [1.54, 1.807) is 17.8 Å². The molecule has 0 aliphatic heterocycles. The third kappa shape index (κ3) is 6.29. The maximum absolute atomic E-state index is 13.0. The molecule has 1 aromatic carbocycles. The molecule has 102 valence electrons. The second kappa shape index (κ2) is 9.26. The van der Waals surface area contributed by atoms with Crippen LogP contribution in [0.2, 0.25) is 0 Å². The lowest BCUT2D eigenvalue weighted by Crippen LogP contribution is -1.90. The van der Waals surface area contributed by atoms with E-state index in [0.717, 1.165) is 10.6 Å². The van der Waals surface area contributed by atoms with Crippen LogP contribution in [0.5, 0.6) is 0 Å². The highest BCUT2D eigenvalue weighted by Crippen LogP contribution is 2.26. The lowest BCUT2D eigenvalue weighted by molar-refractivity contribution is 0.603. The normalized spacial score (nSPS) is 10.8. The van der Waals surface area contributed by atoms with Crippen LogP contribution >= 0.6 is 11.8 Å². The molecule has 18 heavy (non-hydrogen) atoms. The maximum atomic E-state index is 13.0. The van der Waals surface area contributed by atoms with Crippen LogP contribution in [0.1, 0.15) is 51.9 Å². The van der Waals surface area contributed by atoms with Gasteiger partial charge in [0.1, 0.15) is 5.82 Å². The van der Waals surface area contributed by atoms with Crippen molar-refractivity contribution in [2.45, 2.75) is 56.8 Å². The first-order valence-corrected chi connectivity index (χ1v) is 7.90. The van der Waals surface area contributed by atoms with E-state index in [1.807, 2.05) is 0 Å². The highest BCUT2D eigenvalue weighted by atomic mass is 32.2. The molecule has 0 bridgehead atoms. The Labute approximate surface area is 114 Å². The zero-order valence-corrected chi connectivity index (χ0v) is 12.1. The molecule has 0 saturated heterocycles. The van der Waals surface area contributed by atoms with Crippen molar-refractivity contribution in [3.8, 4) is 0 Å². The Morgan fingerprint density at radius 3 is 2.44 bits per heavy atom. The van der Waals surface area contributed by atoms with Crippen LogP contribution in [-0.2, 0) is 0 Å². The number of nitrogen functional groups attached to an aromatic ring is 1. The lowest BCUT2D eigenvalue weighted by atomic mass is 10.1. The van der Waals surface area contributed by atoms with Crippen molar-refractivity contribution in [3.05, 3.63) is 24.0 Å². The minimum atomic E-state index is -0.203. The average molecular weight is 269 g/mol. The Bertz CT molecular complexity index is 341. The molecule has 1 rings (SSSR count). The summed E-state index contributed by atoms with van der Waals surface area (Å²) in [6.07, 6.45) is 9.14. The van der Waals surface area contributed by atoms with E-state index >= 15 is 0 Å². The van der Waals surface area contributed by atoms with E-state index in [1.165, 1.54) is 57.1 Å². The van der Waals surface area contributed by atoms with Gasteiger partial charge >= 0.3 is 0 Å². The van der Waals surface area contributed by atoms with E-state index < -0.39 is 0 Å². The molecule has 0 spiro atoms. The van der Waals surface area contributed by atoms with Crippen LogP contribution in [0.15, 0.2) is 23.1 Å². The van der Waals surface area contributed by atoms with Gasteiger partial charge in [-0.05, 0) is 30.4 Å². The van der Waals surface area contributed by atoms with Crippen molar-refractivity contribution in [2.75, 3.05) is 11.5 Å². The van der Waals surface area contributed by atoms with Gasteiger partial charge in [0.05, 0.1) is 0 Å². The van der Waals surface area contributed by atoms with Gasteiger partial charge in [-0.1, -0.05) is 45.4 Å². The minimum Gasteiger partial charge on any atom is -0.398 e. The Morgan fingerprint density at radius 2 is 1.72 bits per heavy atom. The monoisotopic (exact) mass is 269 g/mol. The van der Waals surface area contributed by atoms with E-state index in [9.17, 15) is 4.39 Å². The number of rotatable bonds is 9. The summed E-state index contributed by atoms with van der Waals surface area (Å²) in [6, 6.07) is 4.58. The van der Waals surface area contributed by atoms with Crippen LogP contribution in [0.4, 0.5) is 10.1 Å². The highest BCUT2D eigenvalue weighted by molar-refractivity contribution is 7.99. The fourth-order valence-corrected chi connectivity index (χ4v) is 2.87. The zero-order valence-electron chi connectivity index (χ0n) is 11.3. The van der Waals surface area contributed by atoms with Crippen molar-refractivity contribution in [2.24, 2.45) is 0 Å². The van der Waals surface area contributed by atoms with Crippen LogP contribution in [0, 0.1) is 5.82 Å². The average Bonchev–Trinajstić information content (AvgIpc) is 2.36. The summed E-state index contributed by atoms with van der Waals surface area (Å²) in [6.45, 7) is 2.24. The van der Waals surface area contributed by atoms with E-state index in [0.29, 0.717) is 5.69 Å². The fraction of sp³-hybridized carbons (Fsp3) is 0.600. The molecule has 0 fully saturated rings. The topological polar surface area (TPSA) is 26.0 Å². The molecule has 1 nitrogen and oxygen atoms in total. The molecular formula is C15H24FNS. The minimum absolute atomic E-state index is 0.203. The first-order valence-electron chi connectivity index (χ1n) is 6.92. The van der Waals surface area contributed by atoms with Gasteiger partial charge in [0.25, 0.3) is 0 Å². The molecule has 0 heterocycles. The van der Waals surface area contributed by atoms with Crippen LogP contribution in [0.3, 0.4) is 0 Å². The molecule has 0 aromatic heterocycles. The number of unbranched alkanes of at least 4 members (excludes halogenated alkanes) is 6. The zero-order chi connectivity index (χ0) is 13.2. The van der Waals surface area contributed by atoms with Gasteiger partial charge in [0.2, 0.25) is 0 Å². The molecule has 0 amide bonds. The van der Waals surface area contributed by atoms with Crippen molar-refractivity contribution in [3.63, 3.8) is 0 Å². The molecule has 0 aliphatic carbocycles. The van der Waals surface area contributed by atoms with E-state index in [-0.39, 0.29) is 5.82 Å². The van der Waals surface area contributed by atoms with Gasteiger partial charge in [-0.15, -0.1) is 11.8 Å². The molecular weight excluding hydrogens is 245 g/mol. The van der Waals surface area contributed by atoms with Gasteiger partial charge in [-0.3, -0.25) is 0 Å². The number of benzene rings is 1. The summed E-state index contributed by atoms with van der Waals surface area (Å²) < 4.78 is 13.0. The summed E-state index contributed by atoms with van der Waals surface area (Å²) >= 11 is 1.66. The number of hydrogen-bond acceptors (Lipinski definition) is 2. The largest absolute Gasteiger partial charge is 0.398 e. The van der Waals surface area contributed by atoms with Crippen LogP contribution in [0.25, 0.3) is 0 Å². The molecule has 0 radical (unpaired) electrons. The first-order chi connectivity index (χ1) is 8.74. The number of nitrogens with two attached hydrogens (primary N) is 1. The molecule has 0 saturated carbocycles. The summed E-state index contributed by atoms with van der Waals surface area (Å²) in [5, 5.41) is 0. The van der Waals surface area contributed by atoms with Gasteiger partial charge in [-0.25, -0.2) is 4.39 Å². The van der Waals surface area contributed by atoms with Crippen molar-refractivity contribution in [1.29, 1.82) is 0 Å². The molecule has 3 heteroatoms. The predicted molar refractivity (Wildman–Crippen MR) is 79.5 cm³/mol. The smallest absolute Gasteiger partial charge is 0.124 e. The summed E-state index contributed by atoms with van der Waals surface area (Å²) in [7, 11) is 0.